The SMILES string of the molecule is C[C@](O)(CNC(=O)c1cc2cc(Cl)ccc2[nH]1)c1cc2c(c(-c3ccc(F)cc3)n1)OC[C@]2(C)C(N)=O. The number of pyridine rings is 1. The number of amides is 2. The van der Waals surface area contributed by atoms with Crippen molar-refractivity contribution in [2.24, 2.45) is 5.73 Å². The topological polar surface area (TPSA) is 130 Å². The number of hydrogen-bond acceptors (Lipinski definition) is 5. The Morgan fingerprint density at radius 1 is 1.24 bits per heavy atom. The van der Waals surface area contributed by atoms with Gasteiger partial charge in [0.2, 0.25) is 5.91 Å². The van der Waals surface area contributed by atoms with Crippen molar-refractivity contribution in [3.63, 3.8) is 0 Å². The largest absolute Gasteiger partial charge is 0.489 e. The summed E-state index contributed by atoms with van der Waals surface area (Å²) in [4.78, 5) is 32.8. The minimum absolute atomic E-state index is 0.000271. The van der Waals surface area contributed by atoms with Crippen LogP contribution in [0.3, 0.4) is 0 Å². The monoisotopic (exact) mass is 522 g/mol. The Balaban J connectivity index is 1.49. The molecule has 2 atom stereocenters. The van der Waals surface area contributed by atoms with Gasteiger partial charge in [-0.15, -0.1) is 0 Å². The zero-order chi connectivity index (χ0) is 26.5. The molecule has 37 heavy (non-hydrogen) atoms. The number of aliphatic hydroxyl groups is 1. The number of rotatable bonds is 6. The molecule has 8 nitrogen and oxygen atoms in total. The van der Waals surface area contributed by atoms with Crippen LogP contribution in [-0.2, 0) is 15.8 Å². The van der Waals surface area contributed by atoms with Gasteiger partial charge in [0.1, 0.15) is 40.6 Å². The third kappa shape index (κ3) is 4.41. The normalized spacial score (nSPS) is 18.2. The minimum Gasteiger partial charge on any atom is -0.489 e. The molecule has 0 radical (unpaired) electrons. The van der Waals surface area contributed by atoms with Crippen molar-refractivity contribution in [3.8, 4) is 17.0 Å². The van der Waals surface area contributed by atoms with Gasteiger partial charge in [-0.1, -0.05) is 11.6 Å². The molecule has 5 rings (SSSR count). The van der Waals surface area contributed by atoms with Crippen molar-refractivity contribution in [2.75, 3.05) is 13.2 Å². The summed E-state index contributed by atoms with van der Waals surface area (Å²) in [5, 5.41) is 15.4. The number of H-pyrrole nitrogens is 1. The highest BCUT2D eigenvalue weighted by molar-refractivity contribution is 6.31. The van der Waals surface area contributed by atoms with E-state index in [1.54, 1.807) is 37.3 Å². The molecule has 0 saturated heterocycles. The maximum Gasteiger partial charge on any atom is 0.267 e. The third-order valence-electron chi connectivity index (χ3n) is 6.71. The fourth-order valence-corrected chi connectivity index (χ4v) is 4.51. The summed E-state index contributed by atoms with van der Waals surface area (Å²) in [6, 6.07) is 14.1. The molecule has 2 aromatic heterocycles. The van der Waals surface area contributed by atoms with Gasteiger partial charge in [-0.05, 0) is 68.4 Å². The van der Waals surface area contributed by atoms with Crippen molar-refractivity contribution >= 4 is 34.3 Å². The van der Waals surface area contributed by atoms with Crippen LogP contribution in [0.2, 0.25) is 5.02 Å². The predicted octanol–water partition coefficient (Wildman–Crippen LogP) is 3.80. The molecule has 2 aromatic carbocycles. The smallest absolute Gasteiger partial charge is 0.267 e. The van der Waals surface area contributed by atoms with Crippen molar-refractivity contribution in [3.05, 3.63) is 82.4 Å². The van der Waals surface area contributed by atoms with Gasteiger partial charge in [0.25, 0.3) is 5.91 Å². The number of hydrogen-bond donors (Lipinski definition) is 4. The Bertz CT molecular complexity index is 1550. The Hall–Kier alpha value is -3.95. The highest BCUT2D eigenvalue weighted by Crippen LogP contribution is 2.45. The molecule has 0 unspecified atom stereocenters. The molecule has 0 bridgehead atoms. The van der Waals surface area contributed by atoms with Gasteiger partial charge in [-0.2, -0.15) is 0 Å². The van der Waals surface area contributed by atoms with Crippen LogP contribution in [0.15, 0.2) is 54.6 Å². The summed E-state index contributed by atoms with van der Waals surface area (Å²) >= 11 is 6.03. The summed E-state index contributed by atoms with van der Waals surface area (Å²) in [5.74, 6) is -1.11. The predicted molar refractivity (Wildman–Crippen MR) is 137 cm³/mol. The number of ether oxygens (including phenoxy) is 1. The number of nitrogens with zero attached hydrogens (tertiary/aromatic N) is 1. The zero-order valence-electron chi connectivity index (χ0n) is 20.1. The number of fused-ring (bicyclic) bond motifs is 2. The van der Waals surface area contributed by atoms with Crippen molar-refractivity contribution < 1.29 is 23.8 Å². The number of nitrogens with one attached hydrogen (secondary N) is 2. The number of primary amides is 1. The van der Waals surface area contributed by atoms with Gasteiger partial charge in [0.15, 0.2) is 0 Å². The van der Waals surface area contributed by atoms with E-state index in [1.807, 2.05) is 0 Å². The third-order valence-corrected chi connectivity index (χ3v) is 6.94. The molecule has 5 N–H and O–H groups in total. The summed E-state index contributed by atoms with van der Waals surface area (Å²) < 4.78 is 19.4. The van der Waals surface area contributed by atoms with Gasteiger partial charge in [-0.25, -0.2) is 9.37 Å². The van der Waals surface area contributed by atoms with Crippen LogP contribution in [0.4, 0.5) is 4.39 Å². The van der Waals surface area contributed by atoms with Crippen LogP contribution in [0.1, 0.15) is 35.6 Å². The Morgan fingerprint density at radius 3 is 2.68 bits per heavy atom. The average molecular weight is 523 g/mol. The molecule has 4 aromatic rings. The van der Waals surface area contributed by atoms with E-state index in [4.69, 9.17) is 22.1 Å². The first-order valence-electron chi connectivity index (χ1n) is 11.5. The van der Waals surface area contributed by atoms with E-state index in [1.165, 1.54) is 31.2 Å². The number of benzene rings is 2. The quantitative estimate of drug-likeness (QED) is 0.306. The molecule has 0 aliphatic carbocycles. The van der Waals surface area contributed by atoms with Crippen molar-refractivity contribution in [1.29, 1.82) is 0 Å². The first-order chi connectivity index (χ1) is 17.5. The van der Waals surface area contributed by atoms with E-state index < -0.39 is 28.6 Å². The van der Waals surface area contributed by atoms with E-state index in [0.29, 0.717) is 33.3 Å². The first kappa shape index (κ1) is 24.7. The number of carbonyl (C=O) groups excluding carboxylic acids is 2. The summed E-state index contributed by atoms with van der Waals surface area (Å²) in [6.45, 7) is 2.96. The second kappa shape index (κ2) is 8.86. The van der Waals surface area contributed by atoms with E-state index in [9.17, 15) is 19.1 Å². The Morgan fingerprint density at radius 2 is 1.97 bits per heavy atom. The van der Waals surface area contributed by atoms with Crippen LogP contribution >= 0.6 is 11.6 Å². The lowest BCUT2D eigenvalue weighted by Crippen LogP contribution is -2.41. The molecule has 3 heterocycles. The maximum atomic E-state index is 13.6. The number of aromatic nitrogens is 2. The first-order valence-corrected chi connectivity index (χ1v) is 11.9. The molecule has 0 saturated carbocycles. The molecule has 0 spiro atoms. The lowest BCUT2D eigenvalue weighted by molar-refractivity contribution is -0.123. The van der Waals surface area contributed by atoms with Crippen LogP contribution in [0.25, 0.3) is 22.2 Å². The number of carbonyl (C=O) groups is 2. The van der Waals surface area contributed by atoms with Gasteiger partial charge < -0.3 is 25.9 Å². The second-order valence-electron chi connectivity index (χ2n) is 9.60. The fourth-order valence-electron chi connectivity index (χ4n) is 4.33. The van der Waals surface area contributed by atoms with E-state index in [0.717, 1.165) is 10.9 Å². The van der Waals surface area contributed by atoms with E-state index >= 15 is 0 Å². The molecular formula is C27H24ClFN4O4. The molecule has 190 valence electrons. The van der Waals surface area contributed by atoms with Crippen LogP contribution in [-0.4, -0.2) is 40.0 Å². The lowest BCUT2D eigenvalue weighted by atomic mass is 9.82. The van der Waals surface area contributed by atoms with Crippen LogP contribution < -0.4 is 15.8 Å². The van der Waals surface area contributed by atoms with Gasteiger partial charge in [0, 0.05) is 27.1 Å². The fraction of sp³-hybridized carbons (Fsp3) is 0.222. The van der Waals surface area contributed by atoms with Gasteiger partial charge >= 0.3 is 0 Å². The maximum absolute atomic E-state index is 13.6. The average Bonchev–Trinajstić information content (AvgIpc) is 3.44. The van der Waals surface area contributed by atoms with Crippen LogP contribution in [0, 0.1) is 5.82 Å². The number of aromatic amines is 1. The summed E-state index contributed by atoms with van der Waals surface area (Å²) in [5.41, 5.74) is 5.46. The van der Waals surface area contributed by atoms with Gasteiger partial charge in [0.05, 0.1) is 12.2 Å². The molecule has 1 aliphatic rings. The van der Waals surface area contributed by atoms with E-state index in [-0.39, 0.29) is 18.8 Å². The summed E-state index contributed by atoms with van der Waals surface area (Å²) in [6.07, 6.45) is 0. The minimum atomic E-state index is -1.64. The highest BCUT2D eigenvalue weighted by atomic mass is 35.5. The van der Waals surface area contributed by atoms with Crippen molar-refractivity contribution in [1.82, 2.24) is 15.3 Å². The standard InChI is InChI=1S/C27H24ClFN4O4/c1-26(25(30)35)13-37-23-18(26)11-21(33-22(23)14-3-6-17(29)7-4-14)27(2,36)12-31-24(34)20-10-15-9-16(28)5-8-19(15)32-20/h3-11,32,36H,12-13H2,1-2H3,(H2,30,35)(H,31,34)/t26-,27-/m0/s1. The summed E-state index contributed by atoms with van der Waals surface area (Å²) in [7, 11) is 0. The van der Waals surface area contributed by atoms with E-state index in [2.05, 4.69) is 15.3 Å². The highest BCUT2D eigenvalue weighted by Gasteiger charge is 2.45. The lowest BCUT2D eigenvalue weighted by Gasteiger charge is -2.26. The zero-order valence-corrected chi connectivity index (χ0v) is 20.8. The van der Waals surface area contributed by atoms with Gasteiger partial charge in [-0.3, -0.25) is 9.59 Å². The second-order valence-corrected chi connectivity index (χ2v) is 10.0. The molecule has 1 aliphatic heterocycles. The Labute approximate surface area is 216 Å². The number of halogens is 2. The van der Waals surface area contributed by atoms with Crippen LogP contribution in [0.5, 0.6) is 5.75 Å². The van der Waals surface area contributed by atoms with Crippen molar-refractivity contribution in [2.45, 2.75) is 24.9 Å². The molecule has 2 amide bonds. The Kier molecular flexibility index (Phi) is 5.92. The molecule has 10 heteroatoms. The molecular weight excluding hydrogens is 499 g/mol. The molecule has 0 fully saturated rings. The number of nitrogens with two attached hydrogens (primary N) is 1.